The molecule has 9 atom stereocenters. The van der Waals surface area contributed by atoms with Crippen LogP contribution in [0.3, 0.4) is 0 Å². The summed E-state index contributed by atoms with van der Waals surface area (Å²) in [6, 6.07) is 8.83. The van der Waals surface area contributed by atoms with Gasteiger partial charge in [-0.25, -0.2) is 8.42 Å². The van der Waals surface area contributed by atoms with Crippen molar-refractivity contribution in [1.82, 2.24) is 10.2 Å². The van der Waals surface area contributed by atoms with Gasteiger partial charge in [-0.3, -0.25) is 4.79 Å². The third-order valence-corrected chi connectivity index (χ3v) is 18.1. The Labute approximate surface area is 292 Å². The summed E-state index contributed by atoms with van der Waals surface area (Å²) in [4.78, 5) is 17.0. The van der Waals surface area contributed by atoms with E-state index in [9.17, 15) is 13.2 Å². The van der Waals surface area contributed by atoms with Gasteiger partial charge >= 0.3 is 0 Å². The predicted molar refractivity (Wildman–Crippen MR) is 197 cm³/mol. The summed E-state index contributed by atoms with van der Waals surface area (Å²) in [7, 11) is -2.85. The number of carbonyl (C=O) groups excluding carboxylic acids is 1. The zero-order chi connectivity index (χ0) is 34.5. The molecule has 1 saturated heterocycles. The van der Waals surface area contributed by atoms with Crippen LogP contribution in [-0.2, 0) is 14.6 Å². The number of carbonyl (C=O) groups is 1. The molecule has 7 rings (SSSR count). The summed E-state index contributed by atoms with van der Waals surface area (Å²) >= 11 is 0. The molecule has 0 radical (unpaired) electrons. The van der Waals surface area contributed by atoms with Crippen molar-refractivity contribution in [3.63, 3.8) is 0 Å². The Morgan fingerprint density at radius 2 is 1.54 bits per heavy atom. The molecule has 0 amide bonds. The second-order valence-corrected chi connectivity index (χ2v) is 21.3. The van der Waals surface area contributed by atoms with Gasteiger partial charge in [-0.15, -0.1) is 0 Å². The van der Waals surface area contributed by atoms with Gasteiger partial charge in [0, 0.05) is 37.1 Å². The number of hydrogen-bond donors (Lipinski definition) is 1. The van der Waals surface area contributed by atoms with E-state index in [1.54, 1.807) is 0 Å². The molecule has 266 valence electrons. The summed E-state index contributed by atoms with van der Waals surface area (Å²) in [5, 5.41) is 4.23. The van der Waals surface area contributed by atoms with Gasteiger partial charge < -0.3 is 10.2 Å². The first-order chi connectivity index (χ1) is 22.5. The van der Waals surface area contributed by atoms with Crippen LogP contribution in [-0.4, -0.2) is 62.3 Å². The highest BCUT2D eigenvalue weighted by molar-refractivity contribution is 7.91. The number of benzene rings is 1. The fourth-order valence-corrected chi connectivity index (χ4v) is 15.0. The van der Waals surface area contributed by atoms with Crippen LogP contribution in [0.2, 0.25) is 0 Å². The molecule has 1 heterocycles. The molecule has 5 fully saturated rings. The Balaban J connectivity index is 1.17. The van der Waals surface area contributed by atoms with E-state index in [4.69, 9.17) is 0 Å². The molecular formula is C42H64N2O3S. The first-order valence-corrected chi connectivity index (χ1v) is 21.3. The molecule has 5 aliphatic carbocycles. The normalized spacial score (nSPS) is 43.6. The zero-order valence-corrected chi connectivity index (χ0v) is 32.1. The number of hydrogen-bond acceptors (Lipinski definition) is 5. The molecule has 0 spiro atoms. The van der Waals surface area contributed by atoms with Crippen molar-refractivity contribution in [2.45, 2.75) is 112 Å². The van der Waals surface area contributed by atoms with Gasteiger partial charge in [-0.2, -0.15) is 0 Å². The van der Waals surface area contributed by atoms with Crippen LogP contribution >= 0.6 is 0 Å². The molecule has 6 heteroatoms. The van der Waals surface area contributed by atoms with Crippen molar-refractivity contribution in [2.24, 2.45) is 57.2 Å². The first kappa shape index (κ1) is 34.9. The summed E-state index contributed by atoms with van der Waals surface area (Å²) in [5.41, 5.74) is 3.85. The highest BCUT2D eigenvalue weighted by Gasteiger charge is 2.71. The van der Waals surface area contributed by atoms with Crippen molar-refractivity contribution in [1.29, 1.82) is 0 Å². The number of nitrogens with one attached hydrogen (secondary N) is 1. The fraction of sp³-hybridized carbons (Fsp3) is 0.786. The van der Waals surface area contributed by atoms with Crippen LogP contribution in [0.1, 0.15) is 111 Å². The molecule has 0 aromatic heterocycles. The number of allylic oxidation sites excluding steroid dienone is 2. The number of sulfone groups is 1. The van der Waals surface area contributed by atoms with E-state index in [0.717, 1.165) is 25.4 Å². The van der Waals surface area contributed by atoms with E-state index in [0.29, 0.717) is 60.0 Å². The van der Waals surface area contributed by atoms with Gasteiger partial charge in [0.1, 0.15) is 0 Å². The number of nitrogens with zero attached hydrogens (tertiary/aromatic N) is 1. The van der Waals surface area contributed by atoms with Crippen molar-refractivity contribution < 1.29 is 13.2 Å². The SMILES string of the molecule is Cc1ccc(C2=CC(=O)[C@]3(C)[C@H]4CC[C@@H]5[C@H]6[C@H](C(C)C)CC[C@]6(NCCN6CCS(=O)(=O)CC6)CC[C@@]5(C)[C@]4(C)CC[C@H]3C2(C)C)cc1. The lowest BCUT2D eigenvalue weighted by molar-refractivity contribution is -0.218. The van der Waals surface area contributed by atoms with Crippen LogP contribution < -0.4 is 5.32 Å². The molecule has 0 unspecified atom stereocenters. The second kappa shape index (κ2) is 11.8. The average Bonchev–Trinajstić information content (AvgIpc) is 3.41. The van der Waals surface area contributed by atoms with E-state index in [1.165, 1.54) is 61.6 Å². The maximum absolute atomic E-state index is 14.7. The van der Waals surface area contributed by atoms with Gasteiger partial charge in [-0.1, -0.05) is 78.3 Å². The van der Waals surface area contributed by atoms with Crippen molar-refractivity contribution in [3.8, 4) is 0 Å². The van der Waals surface area contributed by atoms with Gasteiger partial charge in [0.25, 0.3) is 0 Å². The largest absolute Gasteiger partial charge is 0.310 e. The lowest BCUT2D eigenvalue weighted by atomic mass is 9.32. The predicted octanol–water partition coefficient (Wildman–Crippen LogP) is 7.98. The van der Waals surface area contributed by atoms with Gasteiger partial charge in [-0.05, 0) is 127 Å². The molecule has 0 bridgehead atoms. The molecular weight excluding hydrogens is 613 g/mol. The van der Waals surface area contributed by atoms with Crippen LogP contribution in [0.25, 0.3) is 5.57 Å². The monoisotopic (exact) mass is 676 g/mol. The second-order valence-electron chi connectivity index (χ2n) is 19.0. The third-order valence-electron chi connectivity index (χ3n) is 16.5. The fourth-order valence-electron chi connectivity index (χ4n) is 13.7. The van der Waals surface area contributed by atoms with Crippen molar-refractivity contribution in [2.75, 3.05) is 37.7 Å². The minimum absolute atomic E-state index is 0.0601. The van der Waals surface area contributed by atoms with E-state index in [-0.39, 0.29) is 27.2 Å². The topological polar surface area (TPSA) is 66.5 Å². The maximum atomic E-state index is 14.7. The lowest BCUT2D eigenvalue weighted by Crippen LogP contribution is -2.69. The average molecular weight is 677 g/mol. The smallest absolute Gasteiger partial charge is 0.162 e. The third kappa shape index (κ3) is 5.10. The van der Waals surface area contributed by atoms with Gasteiger partial charge in [0.05, 0.1) is 11.5 Å². The van der Waals surface area contributed by atoms with Crippen molar-refractivity contribution >= 4 is 21.2 Å². The Bertz CT molecular complexity index is 1550. The summed E-state index contributed by atoms with van der Waals surface area (Å²) in [6.07, 6.45) is 11.9. The molecule has 1 aliphatic heterocycles. The van der Waals surface area contributed by atoms with Crippen molar-refractivity contribution in [3.05, 3.63) is 41.5 Å². The van der Waals surface area contributed by atoms with Crippen LogP contribution in [0.15, 0.2) is 30.3 Å². The van der Waals surface area contributed by atoms with Gasteiger partial charge in [0.15, 0.2) is 15.6 Å². The Hall–Kier alpha value is -1.50. The van der Waals surface area contributed by atoms with Crippen LogP contribution in [0, 0.1) is 64.1 Å². The molecule has 1 aromatic carbocycles. The van der Waals surface area contributed by atoms with E-state index < -0.39 is 9.84 Å². The van der Waals surface area contributed by atoms with Crippen LogP contribution in [0.5, 0.6) is 0 Å². The quantitative estimate of drug-likeness (QED) is 0.331. The minimum Gasteiger partial charge on any atom is -0.310 e. The van der Waals surface area contributed by atoms with E-state index in [2.05, 4.69) is 95.9 Å². The highest BCUT2D eigenvalue weighted by atomic mass is 32.2. The molecule has 4 saturated carbocycles. The summed E-state index contributed by atoms with van der Waals surface area (Å²) in [5.74, 6) is 4.47. The highest BCUT2D eigenvalue weighted by Crippen LogP contribution is 2.76. The minimum atomic E-state index is -2.85. The molecule has 1 N–H and O–H groups in total. The Morgan fingerprint density at radius 1 is 0.854 bits per heavy atom. The number of ketones is 1. The Morgan fingerprint density at radius 3 is 2.21 bits per heavy atom. The summed E-state index contributed by atoms with van der Waals surface area (Å²) in [6.45, 7) is 22.8. The van der Waals surface area contributed by atoms with E-state index >= 15 is 0 Å². The van der Waals surface area contributed by atoms with E-state index in [1.807, 2.05) is 0 Å². The zero-order valence-electron chi connectivity index (χ0n) is 31.3. The first-order valence-electron chi connectivity index (χ1n) is 19.5. The lowest BCUT2D eigenvalue weighted by Gasteiger charge is -2.72. The summed E-state index contributed by atoms with van der Waals surface area (Å²) < 4.78 is 24.0. The number of rotatable bonds is 6. The molecule has 1 aromatic rings. The standard InChI is InChI=1S/C42H64N2O3S/c1-28(2)31-15-18-42(43-21-22-44-23-25-48(46,47)26-24-44)20-19-39(6)32(37(31)42)13-14-35-40(39,7)17-16-34-38(4,5)33(27-36(45)41(34,35)8)30-11-9-29(3)10-12-30/h9-12,27-28,31-32,34-35,37,43H,13-26H2,1-8H3/t31-,32+,34-,35-,37+,39+,40+,41-,42-/m0/s1. The number of aryl methyl sites for hydroxylation is 1. The van der Waals surface area contributed by atoms with Crippen LogP contribution in [0.4, 0.5) is 0 Å². The molecule has 5 nitrogen and oxygen atoms in total. The molecule has 6 aliphatic rings. The van der Waals surface area contributed by atoms with Gasteiger partial charge in [0.2, 0.25) is 0 Å². The molecule has 48 heavy (non-hydrogen) atoms. The maximum Gasteiger partial charge on any atom is 0.162 e. The Kier molecular flexibility index (Phi) is 8.56. The number of fused-ring (bicyclic) bond motifs is 7.